The molecule has 1 rings (SSSR count). The van der Waals surface area contributed by atoms with E-state index in [4.69, 9.17) is 4.74 Å². The summed E-state index contributed by atoms with van der Waals surface area (Å²) in [6, 6.07) is 4.43. The van der Waals surface area contributed by atoms with Crippen molar-refractivity contribution in [1.29, 1.82) is 0 Å². The molecule has 4 nitrogen and oxygen atoms in total. The van der Waals surface area contributed by atoms with Crippen molar-refractivity contribution in [3.8, 4) is 5.75 Å². The zero-order valence-electron chi connectivity index (χ0n) is 16.0. The second kappa shape index (κ2) is 9.02. The minimum absolute atomic E-state index is 0.335. The fraction of sp³-hybridized carbons (Fsp3) is 0.600. The largest absolute Gasteiger partial charge is 0.743 e. The number of halogens is 9. The molecule has 0 amide bonds. The van der Waals surface area contributed by atoms with Crippen LogP contribution in [0.4, 0.5) is 39.5 Å². The summed E-state index contributed by atoms with van der Waals surface area (Å²) in [6.45, 7) is 4.20. The van der Waals surface area contributed by atoms with Crippen LogP contribution in [0.25, 0.3) is 0 Å². The Morgan fingerprint density at radius 1 is 0.867 bits per heavy atom. The number of benzene rings is 1. The smallest absolute Gasteiger partial charge is 0.460 e. The predicted molar refractivity (Wildman–Crippen MR) is 90.5 cm³/mol. The van der Waals surface area contributed by atoms with Gasteiger partial charge in [-0.05, 0) is 37.1 Å². The molecule has 1 aromatic rings. The molecule has 0 fully saturated rings. The molecule has 0 heterocycles. The fourth-order valence-electron chi connectivity index (χ4n) is 1.99. The Morgan fingerprint density at radius 2 is 1.23 bits per heavy atom. The SMILES string of the molecule is COc1c(C)cc([S+](C)C)cc1C.O=S(=O)([O-])C(F)(F)C(F)(F)C(F)(F)C(F)(F)F. The molecule has 176 valence electrons. The molecule has 0 N–H and O–H groups in total. The van der Waals surface area contributed by atoms with Crippen molar-refractivity contribution in [2.75, 3.05) is 19.6 Å². The summed E-state index contributed by atoms with van der Waals surface area (Å²) in [6.07, 6.45) is -2.69. The van der Waals surface area contributed by atoms with Gasteiger partial charge in [-0.1, -0.05) is 0 Å². The molecular weight excluding hydrogens is 479 g/mol. The maximum atomic E-state index is 12.2. The molecule has 0 aliphatic carbocycles. The number of hydrogen-bond acceptors (Lipinski definition) is 4. The van der Waals surface area contributed by atoms with Crippen molar-refractivity contribution in [3.63, 3.8) is 0 Å². The van der Waals surface area contributed by atoms with Crippen LogP contribution in [-0.4, -0.2) is 55.9 Å². The summed E-state index contributed by atoms with van der Waals surface area (Å²) in [7, 11) is -5.35. The number of hydrogen-bond donors (Lipinski definition) is 0. The van der Waals surface area contributed by atoms with Gasteiger partial charge >= 0.3 is 23.3 Å². The van der Waals surface area contributed by atoms with Crippen molar-refractivity contribution >= 4 is 21.0 Å². The summed E-state index contributed by atoms with van der Waals surface area (Å²) >= 11 is 0. The molecule has 0 saturated carbocycles. The van der Waals surface area contributed by atoms with E-state index in [0.717, 1.165) is 5.75 Å². The van der Waals surface area contributed by atoms with E-state index in [1.807, 2.05) is 0 Å². The summed E-state index contributed by atoms with van der Waals surface area (Å²) in [4.78, 5) is 1.41. The number of rotatable bonds is 5. The molecule has 0 bridgehead atoms. The van der Waals surface area contributed by atoms with Gasteiger partial charge in [0, 0.05) is 10.9 Å². The molecule has 0 saturated heterocycles. The Morgan fingerprint density at radius 3 is 1.47 bits per heavy atom. The zero-order valence-corrected chi connectivity index (χ0v) is 17.6. The van der Waals surface area contributed by atoms with Gasteiger partial charge in [0.15, 0.2) is 15.0 Å². The lowest BCUT2D eigenvalue weighted by Crippen LogP contribution is -2.63. The molecule has 30 heavy (non-hydrogen) atoms. The van der Waals surface area contributed by atoms with E-state index < -0.39 is 33.4 Å². The van der Waals surface area contributed by atoms with Gasteiger partial charge in [-0.2, -0.15) is 39.5 Å². The third-order valence-corrected chi connectivity index (χ3v) is 5.60. The van der Waals surface area contributed by atoms with E-state index in [9.17, 15) is 52.5 Å². The highest BCUT2D eigenvalue weighted by Gasteiger charge is 2.83. The minimum atomic E-state index is -7.43. The highest BCUT2D eigenvalue weighted by atomic mass is 32.2. The number of aryl methyl sites for hydroxylation is 2. The molecule has 0 aromatic heterocycles. The van der Waals surface area contributed by atoms with Crippen LogP contribution in [0.5, 0.6) is 5.75 Å². The van der Waals surface area contributed by atoms with Crippen molar-refractivity contribution in [2.24, 2.45) is 0 Å². The van der Waals surface area contributed by atoms with Gasteiger partial charge in [0.1, 0.15) is 18.3 Å². The molecule has 0 aliphatic rings. The highest BCUT2D eigenvalue weighted by molar-refractivity contribution is 7.95. The monoisotopic (exact) mass is 496 g/mol. The van der Waals surface area contributed by atoms with Crippen LogP contribution in [-0.2, 0) is 21.0 Å². The first-order valence-electron chi connectivity index (χ1n) is 7.44. The van der Waals surface area contributed by atoms with Gasteiger partial charge in [-0.15, -0.1) is 0 Å². The van der Waals surface area contributed by atoms with E-state index in [1.54, 1.807) is 7.11 Å². The summed E-state index contributed by atoms with van der Waals surface area (Å²) < 4.78 is 141. The van der Waals surface area contributed by atoms with Gasteiger partial charge in [0.25, 0.3) is 0 Å². The number of methoxy groups -OCH3 is 1. The maximum Gasteiger partial charge on any atom is 0.460 e. The van der Waals surface area contributed by atoms with Crippen LogP contribution in [0.1, 0.15) is 11.1 Å². The van der Waals surface area contributed by atoms with Gasteiger partial charge in [0.05, 0.1) is 7.11 Å². The quantitative estimate of drug-likeness (QED) is 0.342. The molecule has 0 unspecified atom stereocenters. The Labute approximate surface area is 169 Å². The van der Waals surface area contributed by atoms with Gasteiger partial charge in [-0.25, -0.2) is 8.42 Å². The first-order valence-corrected chi connectivity index (χ1v) is 10.9. The van der Waals surface area contributed by atoms with Crippen LogP contribution < -0.4 is 4.74 Å². The second-order valence-electron chi connectivity index (χ2n) is 6.02. The van der Waals surface area contributed by atoms with Crippen LogP contribution >= 0.6 is 0 Å². The first-order chi connectivity index (χ1) is 13.1. The zero-order chi connectivity index (χ0) is 24.5. The summed E-state index contributed by atoms with van der Waals surface area (Å²) in [5.74, 6) is -13.8. The van der Waals surface area contributed by atoms with E-state index in [-0.39, 0.29) is 0 Å². The van der Waals surface area contributed by atoms with Crippen LogP contribution in [0.15, 0.2) is 17.0 Å². The Kier molecular flexibility index (Phi) is 8.62. The van der Waals surface area contributed by atoms with Crippen molar-refractivity contribution in [2.45, 2.75) is 42.0 Å². The Balaban J connectivity index is 0.000000579. The molecule has 0 spiro atoms. The third-order valence-electron chi connectivity index (χ3n) is 3.54. The standard InChI is InChI=1S/C11H17OS.C4HF9O3S/c1-8-6-10(13(4)5)7-9(2)11(8)12-3;5-1(6,3(9,10)11)2(7,8)4(12,13)17(14,15)16/h6-7H,1-5H3;(H,14,15,16)/q+1;/p-1. The lowest BCUT2D eigenvalue weighted by Gasteiger charge is -2.34. The van der Waals surface area contributed by atoms with Crippen molar-refractivity contribution in [3.05, 3.63) is 23.3 Å². The maximum absolute atomic E-state index is 12.2. The average Bonchev–Trinajstić information content (AvgIpc) is 2.52. The van der Waals surface area contributed by atoms with E-state index >= 15 is 0 Å². The molecule has 15 heteroatoms. The van der Waals surface area contributed by atoms with Gasteiger partial charge in [-0.3, -0.25) is 0 Å². The highest BCUT2D eigenvalue weighted by Crippen LogP contribution is 2.54. The normalized spacial score (nSPS) is 13.7. The summed E-state index contributed by atoms with van der Waals surface area (Å²) in [5, 5.41) is -7.11. The molecular formula is C15H17F9O4S2. The topological polar surface area (TPSA) is 66.4 Å². The van der Waals surface area contributed by atoms with E-state index in [0.29, 0.717) is 10.9 Å². The Hall–Kier alpha value is -1.35. The summed E-state index contributed by atoms with van der Waals surface area (Å²) in [5.41, 5.74) is 2.47. The Bertz CT molecular complexity index is 827. The van der Waals surface area contributed by atoms with Crippen LogP contribution in [0.3, 0.4) is 0 Å². The van der Waals surface area contributed by atoms with Gasteiger partial charge < -0.3 is 9.29 Å². The number of alkyl halides is 9. The molecule has 0 atom stereocenters. The van der Waals surface area contributed by atoms with Crippen LogP contribution in [0, 0.1) is 13.8 Å². The third kappa shape index (κ3) is 5.46. The fourth-order valence-corrected chi connectivity index (χ4v) is 3.25. The molecule has 0 radical (unpaired) electrons. The van der Waals surface area contributed by atoms with Crippen molar-refractivity contribution in [1.82, 2.24) is 0 Å². The average molecular weight is 496 g/mol. The van der Waals surface area contributed by atoms with Gasteiger partial charge in [0.2, 0.25) is 0 Å². The molecule has 0 aliphatic heterocycles. The minimum Gasteiger partial charge on any atom is -0.743 e. The lowest BCUT2D eigenvalue weighted by molar-refractivity contribution is -0.382. The first kappa shape index (κ1) is 28.6. The number of ether oxygens (including phenoxy) is 1. The molecule has 1 aromatic carbocycles. The second-order valence-corrected chi connectivity index (χ2v) is 9.55. The lowest BCUT2D eigenvalue weighted by atomic mass is 10.1. The van der Waals surface area contributed by atoms with E-state index in [1.165, 1.54) is 16.0 Å². The van der Waals surface area contributed by atoms with E-state index in [2.05, 4.69) is 38.5 Å². The van der Waals surface area contributed by atoms with Crippen LogP contribution in [0.2, 0.25) is 0 Å². The van der Waals surface area contributed by atoms with Crippen molar-refractivity contribution < 1.29 is 57.2 Å². The predicted octanol–water partition coefficient (Wildman–Crippen LogP) is 4.51.